The predicted molar refractivity (Wildman–Crippen MR) is 189 cm³/mol. The smallest absolute Gasteiger partial charge is 0.872 e. The van der Waals surface area contributed by atoms with E-state index in [4.69, 9.17) is 4.55 Å². The Hall–Kier alpha value is -0.880. The van der Waals surface area contributed by atoms with Gasteiger partial charge in [0.15, 0.2) is 0 Å². The van der Waals surface area contributed by atoms with Gasteiger partial charge in [-0.25, -0.2) is 8.42 Å². The number of rotatable bonds is 24. The van der Waals surface area contributed by atoms with Crippen LogP contribution in [0.15, 0.2) is 46.2 Å². The standard InChI is InChI=1S/2C18H30O4S.Ca/c2*1-2-3-4-5-6-7-8-9-10-11-12-16-13-14-18(17(19)15-16)23(20,21)22;/h2*13-15,19H,2-12H2,1H3,(H,20,21,22);/q;;+2/p-2. The number of aryl methyl sites for hydroxylation is 2. The molecule has 0 atom stereocenters. The van der Waals surface area contributed by atoms with Crippen LogP contribution in [0.25, 0.3) is 0 Å². The Morgan fingerprint density at radius 2 is 0.894 bits per heavy atom. The Morgan fingerprint density at radius 1 is 0.553 bits per heavy atom. The van der Waals surface area contributed by atoms with Crippen molar-refractivity contribution in [1.29, 1.82) is 0 Å². The molecule has 0 fully saturated rings. The Balaban J connectivity index is 0.000000882. The van der Waals surface area contributed by atoms with Crippen LogP contribution in [0.4, 0.5) is 0 Å². The molecule has 11 heteroatoms. The van der Waals surface area contributed by atoms with E-state index >= 15 is 0 Å². The van der Waals surface area contributed by atoms with E-state index in [9.17, 15) is 31.6 Å². The van der Waals surface area contributed by atoms with Crippen molar-refractivity contribution in [3.8, 4) is 11.5 Å². The Kier molecular flexibility index (Phi) is 26.4. The van der Waals surface area contributed by atoms with Gasteiger partial charge in [-0.15, -0.1) is 0 Å². The number of hydrogen-bond acceptors (Lipinski definition) is 7. The molecule has 0 heterocycles. The van der Waals surface area contributed by atoms with Gasteiger partial charge in [0.1, 0.15) is 20.8 Å². The fraction of sp³-hybridized carbons (Fsp3) is 0.667. The minimum Gasteiger partial charge on any atom is -0.872 e. The van der Waals surface area contributed by atoms with Crippen LogP contribution in [0.1, 0.15) is 153 Å². The molecule has 2 rings (SSSR count). The maximum Gasteiger partial charge on any atom is 2.00 e. The van der Waals surface area contributed by atoms with Crippen molar-refractivity contribution >= 4 is 58.0 Å². The molecule has 0 radical (unpaired) electrons. The van der Waals surface area contributed by atoms with E-state index in [0.717, 1.165) is 55.7 Å². The quantitative estimate of drug-likeness (QED) is 0.0619. The van der Waals surface area contributed by atoms with Crippen LogP contribution in [0, 0.1) is 0 Å². The molecule has 8 nitrogen and oxygen atoms in total. The molecule has 0 aromatic heterocycles. The molecular weight excluding hydrogens is 665 g/mol. The molecule has 0 saturated heterocycles. The SMILES string of the molecule is CCCCCCCCCCCCc1ccc(S(=O)(=O)O)c(O)c1.CCCCCCCCCCCCc1ccc(S(=O)(=O)[O-])c([O-])c1.[Ca+2]. The van der Waals surface area contributed by atoms with Crippen LogP contribution < -0.4 is 5.11 Å². The summed E-state index contributed by atoms with van der Waals surface area (Å²) in [7, 11) is -9.00. The van der Waals surface area contributed by atoms with Crippen LogP contribution in [0.2, 0.25) is 0 Å². The third-order valence-electron chi connectivity index (χ3n) is 8.22. The van der Waals surface area contributed by atoms with Crippen molar-refractivity contribution in [1.82, 2.24) is 0 Å². The van der Waals surface area contributed by atoms with Crippen LogP contribution in [0.3, 0.4) is 0 Å². The van der Waals surface area contributed by atoms with E-state index in [0.29, 0.717) is 0 Å². The molecule has 0 unspecified atom stereocenters. The predicted octanol–water partition coefficient (Wildman–Crippen LogP) is 8.85. The normalized spacial score (nSPS) is 11.5. The van der Waals surface area contributed by atoms with E-state index in [-0.39, 0.29) is 43.5 Å². The molecule has 2 N–H and O–H groups in total. The zero-order valence-corrected chi connectivity index (χ0v) is 32.7. The minimum atomic E-state index is -4.66. The number of phenols is 1. The molecule has 47 heavy (non-hydrogen) atoms. The first-order chi connectivity index (χ1) is 21.9. The average molecular weight is 723 g/mol. The van der Waals surface area contributed by atoms with Gasteiger partial charge in [-0.05, 0) is 55.0 Å². The number of unbranched alkanes of at least 4 members (excludes halogenated alkanes) is 18. The van der Waals surface area contributed by atoms with Gasteiger partial charge in [0.2, 0.25) is 0 Å². The maximum atomic E-state index is 11.6. The Morgan fingerprint density at radius 3 is 1.21 bits per heavy atom. The third kappa shape index (κ3) is 22.5. The van der Waals surface area contributed by atoms with Crippen molar-refractivity contribution in [2.75, 3.05) is 0 Å². The van der Waals surface area contributed by atoms with E-state index in [1.807, 2.05) is 0 Å². The van der Waals surface area contributed by atoms with E-state index in [1.165, 1.54) is 121 Å². The molecule has 0 aliphatic rings. The minimum absolute atomic E-state index is 0. The third-order valence-corrected chi connectivity index (χ3v) is 9.99. The van der Waals surface area contributed by atoms with Gasteiger partial charge >= 0.3 is 37.7 Å². The molecule has 0 bridgehead atoms. The van der Waals surface area contributed by atoms with Gasteiger partial charge in [0.25, 0.3) is 10.1 Å². The van der Waals surface area contributed by atoms with E-state index in [1.54, 1.807) is 12.1 Å². The van der Waals surface area contributed by atoms with Crippen LogP contribution in [0.5, 0.6) is 11.5 Å². The summed E-state index contributed by atoms with van der Waals surface area (Å²) in [5, 5.41) is 21.2. The summed E-state index contributed by atoms with van der Waals surface area (Å²) in [6, 6.07) is 8.32. The maximum absolute atomic E-state index is 11.6. The van der Waals surface area contributed by atoms with Gasteiger partial charge in [-0.2, -0.15) is 8.42 Å². The number of benzene rings is 2. The molecular formula is C36H58CaO8S2. The second-order valence-corrected chi connectivity index (χ2v) is 15.1. The monoisotopic (exact) mass is 722 g/mol. The Labute approximate surface area is 315 Å². The summed E-state index contributed by atoms with van der Waals surface area (Å²) < 4.78 is 63.5. The molecule has 0 aliphatic carbocycles. The summed E-state index contributed by atoms with van der Waals surface area (Å²) in [5.41, 5.74) is 1.71. The molecule has 0 aliphatic heterocycles. The zero-order chi connectivity index (χ0) is 34.3. The topological polar surface area (TPSA) is 155 Å². The van der Waals surface area contributed by atoms with Gasteiger partial charge in [0, 0.05) is 4.90 Å². The summed E-state index contributed by atoms with van der Waals surface area (Å²) in [6.07, 6.45) is 26.8. The Bertz CT molecular complexity index is 1210. The first-order valence-electron chi connectivity index (χ1n) is 17.4. The summed E-state index contributed by atoms with van der Waals surface area (Å²) in [6.45, 7) is 4.46. The van der Waals surface area contributed by atoms with Gasteiger partial charge in [-0.1, -0.05) is 153 Å². The molecule has 264 valence electrons. The van der Waals surface area contributed by atoms with Gasteiger partial charge in [-0.3, -0.25) is 4.55 Å². The van der Waals surface area contributed by atoms with E-state index < -0.39 is 35.8 Å². The molecule has 0 saturated carbocycles. The largest absolute Gasteiger partial charge is 2.00 e. The van der Waals surface area contributed by atoms with Crippen LogP contribution in [-0.2, 0) is 33.1 Å². The zero-order valence-electron chi connectivity index (χ0n) is 28.9. The van der Waals surface area contributed by atoms with Crippen molar-refractivity contribution in [3.63, 3.8) is 0 Å². The molecule has 0 spiro atoms. The van der Waals surface area contributed by atoms with E-state index in [2.05, 4.69) is 13.8 Å². The fourth-order valence-electron chi connectivity index (χ4n) is 5.48. The van der Waals surface area contributed by atoms with Crippen LogP contribution >= 0.6 is 0 Å². The van der Waals surface area contributed by atoms with Crippen molar-refractivity contribution in [2.45, 2.75) is 165 Å². The van der Waals surface area contributed by atoms with Crippen LogP contribution in [-0.4, -0.2) is 68.8 Å². The molecule has 2 aromatic rings. The summed E-state index contributed by atoms with van der Waals surface area (Å²) >= 11 is 0. The average Bonchev–Trinajstić information content (AvgIpc) is 2.98. The summed E-state index contributed by atoms with van der Waals surface area (Å²) in [4.78, 5) is -1.08. The van der Waals surface area contributed by atoms with Crippen molar-refractivity contribution < 1.29 is 36.2 Å². The first-order valence-corrected chi connectivity index (χ1v) is 20.3. The second kappa shape index (κ2) is 26.9. The first kappa shape index (κ1) is 46.1. The second-order valence-electron chi connectivity index (χ2n) is 12.4. The number of hydrogen-bond donors (Lipinski definition) is 2. The van der Waals surface area contributed by atoms with Gasteiger partial charge < -0.3 is 14.8 Å². The summed E-state index contributed by atoms with van der Waals surface area (Å²) in [5.74, 6) is -1.07. The van der Waals surface area contributed by atoms with Crippen molar-refractivity contribution in [3.05, 3.63) is 47.5 Å². The fourth-order valence-corrected chi connectivity index (χ4v) is 6.59. The number of aromatic hydroxyl groups is 1. The van der Waals surface area contributed by atoms with Gasteiger partial charge in [0.05, 0.1) is 0 Å². The number of phenolic OH excluding ortho intramolecular Hbond substituents is 1. The molecule has 2 aromatic carbocycles. The molecule has 0 amide bonds. The van der Waals surface area contributed by atoms with Crippen molar-refractivity contribution in [2.24, 2.45) is 0 Å².